The zero-order valence-corrected chi connectivity index (χ0v) is 14.7. The maximum absolute atomic E-state index is 12.7. The highest BCUT2D eigenvalue weighted by Crippen LogP contribution is 2.29. The molecule has 1 fully saturated rings. The Labute approximate surface area is 153 Å². The number of carbonyl (C=O) groups is 3. The quantitative estimate of drug-likeness (QED) is 0.474. The van der Waals surface area contributed by atoms with E-state index in [2.05, 4.69) is 17.2 Å². The molecule has 2 aliphatic heterocycles. The van der Waals surface area contributed by atoms with Crippen LogP contribution in [0.25, 0.3) is 0 Å². The van der Waals surface area contributed by atoms with Crippen molar-refractivity contribution < 1.29 is 14.4 Å². The van der Waals surface area contributed by atoms with Crippen LogP contribution < -0.4 is 11.1 Å². The van der Waals surface area contributed by atoms with E-state index < -0.39 is 11.9 Å². The van der Waals surface area contributed by atoms with Gasteiger partial charge in [0.15, 0.2) is 0 Å². The summed E-state index contributed by atoms with van der Waals surface area (Å²) in [7, 11) is 0. The number of imide groups is 1. The Morgan fingerprint density at radius 1 is 1.19 bits per heavy atom. The Morgan fingerprint density at radius 2 is 2.04 bits per heavy atom. The van der Waals surface area contributed by atoms with Crippen LogP contribution in [-0.2, 0) is 16.1 Å². The molecular formula is C20H23N3O3. The highest BCUT2D eigenvalue weighted by Gasteiger charge is 2.39. The van der Waals surface area contributed by atoms with Gasteiger partial charge in [-0.25, -0.2) is 0 Å². The average molecular weight is 353 g/mol. The predicted octanol–water partition coefficient (Wildman–Crippen LogP) is 1.32. The molecule has 0 aromatic heterocycles. The Hall–Kier alpha value is -2.65. The largest absolute Gasteiger partial charge is 0.330 e. The Balaban J connectivity index is 1.72. The molecule has 1 unspecified atom stereocenters. The monoisotopic (exact) mass is 353 g/mol. The van der Waals surface area contributed by atoms with E-state index in [9.17, 15) is 14.4 Å². The van der Waals surface area contributed by atoms with Crippen molar-refractivity contribution in [3.05, 3.63) is 34.9 Å². The van der Waals surface area contributed by atoms with Crippen LogP contribution in [0, 0.1) is 11.8 Å². The minimum absolute atomic E-state index is 0.166. The maximum Gasteiger partial charge on any atom is 0.255 e. The van der Waals surface area contributed by atoms with Crippen LogP contribution in [0.15, 0.2) is 18.2 Å². The third kappa shape index (κ3) is 3.78. The normalized spacial score (nSPS) is 19.0. The summed E-state index contributed by atoms with van der Waals surface area (Å²) >= 11 is 0. The fourth-order valence-electron chi connectivity index (χ4n) is 3.39. The van der Waals surface area contributed by atoms with Gasteiger partial charge in [0.2, 0.25) is 11.8 Å². The lowest BCUT2D eigenvalue weighted by molar-refractivity contribution is -0.136. The number of carbonyl (C=O) groups excluding carboxylic acids is 3. The van der Waals surface area contributed by atoms with Crippen LogP contribution in [0.4, 0.5) is 0 Å². The second-order valence-electron chi connectivity index (χ2n) is 6.63. The molecule has 0 radical (unpaired) electrons. The zero-order chi connectivity index (χ0) is 18.5. The van der Waals surface area contributed by atoms with Gasteiger partial charge >= 0.3 is 0 Å². The second-order valence-corrected chi connectivity index (χ2v) is 6.63. The van der Waals surface area contributed by atoms with E-state index in [1.165, 1.54) is 0 Å². The molecule has 0 aliphatic carbocycles. The molecule has 6 heteroatoms. The van der Waals surface area contributed by atoms with Gasteiger partial charge in [-0.15, -0.1) is 0 Å². The van der Waals surface area contributed by atoms with Crippen LogP contribution in [0.5, 0.6) is 0 Å². The first-order valence-corrected chi connectivity index (χ1v) is 9.07. The van der Waals surface area contributed by atoms with E-state index in [0.29, 0.717) is 25.1 Å². The number of fused-ring (bicyclic) bond motifs is 1. The molecule has 3 rings (SSSR count). The molecule has 0 spiro atoms. The number of nitrogens with one attached hydrogen (secondary N) is 1. The highest BCUT2D eigenvalue weighted by molar-refractivity contribution is 6.05. The number of hydrogen-bond acceptors (Lipinski definition) is 4. The van der Waals surface area contributed by atoms with E-state index in [1.807, 2.05) is 12.1 Å². The Bertz CT molecular complexity index is 791. The third-order valence-electron chi connectivity index (χ3n) is 4.81. The topological polar surface area (TPSA) is 92.5 Å². The molecule has 0 bridgehead atoms. The molecule has 0 saturated carbocycles. The van der Waals surface area contributed by atoms with Crippen molar-refractivity contribution in [3.8, 4) is 11.8 Å². The summed E-state index contributed by atoms with van der Waals surface area (Å²) in [6, 6.07) is 4.91. The summed E-state index contributed by atoms with van der Waals surface area (Å²) < 4.78 is 0. The first kappa shape index (κ1) is 18.2. The van der Waals surface area contributed by atoms with Crippen LogP contribution >= 0.6 is 0 Å². The molecule has 3 N–H and O–H groups in total. The molecule has 1 aromatic rings. The minimum Gasteiger partial charge on any atom is -0.330 e. The standard InChI is InChI=1S/C20H23N3O3/c21-12-5-3-1-2-4-7-14-8-6-9-15-16(14)13-23(20(15)26)17-10-11-18(24)22-19(17)25/h6,8-9,17H,1-3,5,10-13,21H2,(H,22,24,25). The molecule has 26 heavy (non-hydrogen) atoms. The van der Waals surface area contributed by atoms with E-state index in [-0.39, 0.29) is 18.2 Å². The van der Waals surface area contributed by atoms with Gasteiger partial charge in [0.05, 0.1) is 0 Å². The minimum atomic E-state index is -0.593. The summed E-state index contributed by atoms with van der Waals surface area (Å²) in [6.07, 6.45) is 4.52. The van der Waals surface area contributed by atoms with Crippen LogP contribution in [0.1, 0.15) is 60.0 Å². The third-order valence-corrected chi connectivity index (χ3v) is 4.81. The molecule has 6 nitrogen and oxygen atoms in total. The number of nitrogens with zero attached hydrogens (tertiary/aromatic N) is 1. The molecule has 1 aromatic carbocycles. The maximum atomic E-state index is 12.7. The van der Waals surface area contributed by atoms with Gasteiger partial charge in [-0.05, 0) is 43.5 Å². The average Bonchev–Trinajstić information content (AvgIpc) is 2.96. The summed E-state index contributed by atoms with van der Waals surface area (Å²) in [5.74, 6) is 5.50. The summed E-state index contributed by atoms with van der Waals surface area (Å²) in [6.45, 7) is 1.07. The van der Waals surface area contributed by atoms with Gasteiger partial charge in [0, 0.05) is 30.5 Å². The molecule has 1 atom stereocenters. The van der Waals surface area contributed by atoms with E-state index in [0.717, 1.165) is 36.8 Å². The molecular weight excluding hydrogens is 330 g/mol. The highest BCUT2D eigenvalue weighted by atomic mass is 16.2. The fourth-order valence-corrected chi connectivity index (χ4v) is 3.39. The number of nitrogens with two attached hydrogens (primary N) is 1. The molecule has 1 saturated heterocycles. The van der Waals surface area contributed by atoms with Crippen molar-refractivity contribution in [1.29, 1.82) is 0 Å². The summed E-state index contributed by atoms with van der Waals surface area (Å²) in [5.41, 5.74) is 7.79. The van der Waals surface area contributed by atoms with Crippen molar-refractivity contribution in [1.82, 2.24) is 10.2 Å². The number of rotatable bonds is 5. The van der Waals surface area contributed by atoms with Gasteiger partial charge in [0.25, 0.3) is 5.91 Å². The zero-order valence-electron chi connectivity index (χ0n) is 14.7. The van der Waals surface area contributed by atoms with Gasteiger partial charge in [0.1, 0.15) is 6.04 Å². The van der Waals surface area contributed by atoms with Crippen molar-refractivity contribution in [2.45, 2.75) is 51.1 Å². The first-order valence-electron chi connectivity index (χ1n) is 9.07. The first-order chi connectivity index (χ1) is 12.6. The smallest absolute Gasteiger partial charge is 0.255 e. The number of unbranched alkanes of at least 4 members (excludes halogenated alkanes) is 3. The van der Waals surface area contributed by atoms with Gasteiger partial charge in [-0.1, -0.05) is 24.3 Å². The fraction of sp³-hybridized carbons (Fsp3) is 0.450. The molecule has 3 amide bonds. The summed E-state index contributed by atoms with van der Waals surface area (Å²) in [5, 5.41) is 2.32. The molecule has 2 heterocycles. The second kappa shape index (κ2) is 8.15. The SMILES string of the molecule is NCCCCCC#Cc1cccc2c1CN(C1CCC(=O)NC1=O)C2=O. The Kier molecular flexibility index (Phi) is 5.69. The number of benzene rings is 1. The predicted molar refractivity (Wildman–Crippen MR) is 96.9 cm³/mol. The van der Waals surface area contributed by atoms with E-state index >= 15 is 0 Å². The number of hydrogen-bond donors (Lipinski definition) is 2. The van der Waals surface area contributed by atoms with Gasteiger partial charge in [-0.3, -0.25) is 19.7 Å². The number of piperidine rings is 1. The van der Waals surface area contributed by atoms with Crippen molar-refractivity contribution in [2.75, 3.05) is 6.54 Å². The Morgan fingerprint density at radius 3 is 2.81 bits per heavy atom. The molecule has 2 aliphatic rings. The molecule has 136 valence electrons. The lowest BCUT2D eigenvalue weighted by Gasteiger charge is -2.29. The lowest BCUT2D eigenvalue weighted by Crippen LogP contribution is -2.52. The van der Waals surface area contributed by atoms with Crippen LogP contribution in [0.2, 0.25) is 0 Å². The van der Waals surface area contributed by atoms with Crippen molar-refractivity contribution in [3.63, 3.8) is 0 Å². The number of amides is 3. The van der Waals surface area contributed by atoms with E-state index in [4.69, 9.17) is 5.73 Å². The van der Waals surface area contributed by atoms with Crippen molar-refractivity contribution >= 4 is 17.7 Å². The van der Waals surface area contributed by atoms with Crippen molar-refractivity contribution in [2.24, 2.45) is 5.73 Å². The summed E-state index contributed by atoms with van der Waals surface area (Å²) in [4.78, 5) is 37.7. The van der Waals surface area contributed by atoms with Gasteiger partial charge < -0.3 is 10.6 Å². The lowest BCUT2D eigenvalue weighted by atomic mass is 10.0. The van der Waals surface area contributed by atoms with E-state index in [1.54, 1.807) is 11.0 Å². The van der Waals surface area contributed by atoms with Crippen LogP contribution in [-0.4, -0.2) is 35.2 Å². The van der Waals surface area contributed by atoms with Crippen LogP contribution in [0.3, 0.4) is 0 Å². The van der Waals surface area contributed by atoms with Gasteiger partial charge in [-0.2, -0.15) is 0 Å².